The molecular weight excluding hydrogens is 385 g/mol. The lowest BCUT2D eigenvalue weighted by molar-refractivity contribution is 0.351. The minimum Gasteiger partial charge on any atom is -0.493 e. The molecule has 1 heterocycles. The zero-order valence-corrected chi connectivity index (χ0v) is 15.6. The summed E-state index contributed by atoms with van der Waals surface area (Å²) in [5.74, 6) is 1.77. The number of nitrogens with one attached hydrogen (secondary N) is 1. The molecule has 0 radical (unpaired) electrons. The molecule has 2 aliphatic rings. The average Bonchev–Trinajstić information content (AvgIpc) is 3.10. The van der Waals surface area contributed by atoms with Crippen LogP contribution in [-0.4, -0.2) is 14.2 Å². The lowest BCUT2D eigenvalue weighted by atomic mass is 9.77. The number of hydrogen-bond acceptors (Lipinski definition) is 3. The Labute approximate surface area is 155 Å². The maximum atomic E-state index is 13.7. The summed E-state index contributed by atoms with van der Waals surface area (Å²) in [4.78, 5) is 0. The second-order valence-electron chi connectivity index (χ2n) is 6.45. The number of benzene rings is 2. The number of allylic oxidation sites excluding steroid dienone is 2. The summed E-state index contributed by atoms with van der Waals surface area (Å²) in [6.07, 6.45) is 5.36. The van der Waals surface area contributed by atoms with Gasteiger partial charge in [-0.3, -0.25) is 0 Å². The fraction of sp³-hybridized carbons (Fsp3) is 0.300. The average molecular weight is 404 g/mol. The largest absolute Gasteiger partial charge is 0.493 e. The molecule has 0 saturated carbocycles. The number of rotatable bonds is 3. The molecule has 130 valence electrons. The van der Waals surface area contributed by atoms with Gasteiger partial charge in [0.15, 0.2) is 11.5 Å². The van der Waals surface area contributed by atoms with Gasteiger partial charge in [0.2, 0.25) is 0 Å². The minimum atomic E-state index is -0.188. The Hall–Kier alpha value is -2.01. The van der Waals surface area contributed by atoms with Gasteiger partial charge in [0.1, 0.15) is 5.82 Å². The molecule has 0 saturated heterocycles. The second kappa shape index (κ2) is 6.37. The molecule has 0 unspecified atom stereocenters. The first kappa shape index (κ1) is 16.5. The molecule has 0 amide bonds. The van der Waals surface area contributed by atoms with E-state index in [1.165, 1.54) is 6.07 Å². The maximum absolute atomic E-state index is 13.7. The van der Waals surface area contributed by atoms with Crippen molar-refractivity contribution in [1.29, 1.82) is 0 Å². The van der Waals surface area contributed by atoms with Crippen molar-refractivity contribution < 1.29 is 13.9 Å². The fourth-order valence-electron chi connectivity index (χ4n) is 4.01. The second-order valence-corrected chi connectivity index (χ2v) is 7.30. The Morgan fingerprint density at radius 2 is 2.00 bits per heavy atom. The summed E-state index contributed by atoms with van der Waals surface area (Å²) in [6, 6.07) is 9.20. The van der Waals surface area contributed by atoms with E-state index in [1.807, 2.05) is 12.1 Å². The predicted molar refractivity (Wildman–Crippen MR) is 100.0 cm³/mol. The highest BCUT2D eigenvalue weighted by molar-refractivity contribution is 9.10. The molecule has 2 aromatic rings. The number of hydrogen-bond donors (Lipinski definition) is 1. The van der Waals surface area contributed by atoms with Gasteiger partial charge in [-0.05, 0) is 69.7 Å². The molecule has 3 atom stereocenters. The Balaban J connectivity index is 1.79. The van der Waals surface area contributed by atoms with Crippen LogP contribution in [0.15, 0.2) is 47.0 Å². The first-order valence-corrected chi connectivity index (χ1v) is 9.05. The molecule has 0 aromatic heterocycles. The summed E-state index contributed by atoms with van der Waals surface area (Å²) < 4.78 is 25.5. The summed E-state index contributed by atoms with van der Waals surface area (Å²) in [7, 11) is 3.27. The van der Waals surface area contributed by atoms with Gasteiger partial charge in [0, 0.05) is 11.6 Å². The first-order valence-electron chi connectivity index (χ1n) is 8.26. The number of ether oxygens (including phenoxy) is 2. The third-order valence-electron chi connectivity index (χ3n) is 5.14. The molecule has 25 heavy (non-hydrogen) atoms. The van der Waals surface area contributed by atoms with Crippen molar-refractivity contribution in [2.45, 2.75) is 18.4 Å². The van der Waals surface area contributed by atoms with Crippen molar-refractivity contribution in [3.63, 3.8) is 0 Å². The van der Waals surface area contributed by atoms with Crippen LogP contribution in [0.5, 0.6) is 11.5 Å². The molecular formula is C20H19BrFNO2. The molecule has 0 spiro atoms. The smallest absolute Gasteiger partial charge is 0.174 e. The molecule has 3 nitrogen and oxygen atoms in total. The SMILES string of the molecule is COc1cc([C@@H]2Nc3ccc(F)cc3[C@@H]3C=CC[C@@H]32)cc(Br)c1OC. The van der Waals surface area contributed by atoms with Gasteiger partial charge in [-0.1, -0.05) is 12.2 Å². The lowest BCUT2D eigenvalue weighted by Gasteiger charge is -2.37. The van der Waals surface area contributed by atoms with Gasteiger partial charge in [-0.2, -0.15) is 0 Å². The number of fused-ring (bicyclic) bond motifs is 3. The molecule has 4 rings (SSSR count). The van der Waals surface area contributed by atoms with Crippen LogP contribution in [0.2, 0.25) is 0 Å². The predicted octanol–water partition coefficient (Wildman–Crippen LogP) is 5.43. The van der Waals surface area contributed by atoms with E-state index in [0.717, 1.165) is 27.7 Å². The van der Waals surface area contributed by atoms with Crippen molar-refractivity contribution in [3.8, 4) is 11.5 Å². The molecule has 0 fully saturated rings. The van der Waals surface area contributed by atoms with Crippen LogP contribution in [0.1, 0.15) is 29.5 Å². The van der Waals surface area contributed by atoms with E-state index in [1.54, 1.807) is 20.3 Å². The van der Waals surface area contributed by atoms with Gasteiger partial charge in [-0.25, -0.2) is 4.39 Å². The quantitative estimate of drug-likeness (QED) is 0.692. The number of anilines is 1. The summed E-state index contributed by atoms with van der Waals surface area (Å²) >= 11 is 3.58. The van der Waals surface area contributed by atoms with Crippen molar-refractivity contribution in [3.05, 3.63) is 63.9 Å². The maximum Gasteiger partial charge on any atom is 0.174 e. The van der Waals surface area contributed by atoms with E-state index in [4.69, 9.17) is 9.47 Å². The van der Waals surface area contributed by atoms with E-state index in [0.29, 0.717) is 17.4 Å². The van der Waals surface area contributed by atoms with Crippen LogP contribution >= 0.6 is 15.9 Å². The standard InChI is InChI=1S/C20H19BrFNO2/c1-24-18-9-11(8-16(21)20(18)25-2)19-14-5-3-4-13(14)15-10-12(22)6-7-17(15)23-19/h3-4,6-10,13-14,19,23H,5H2,1-2H3/t13-,14+,19+/m1/s1. The van der Waals surface area contributed by atoms with Gasteiger partial charge >= 0.3 is 0 Å². The van der Waals surface area contributed by atoms with Crippen molar-refractivity contribution in [2.75, 3.05) is 19.5 Å². The zero-order chi connectivity index (χ0) is 17.6. The molecule has 2 aromatic carbocycles. The van der Waals surface area contributed by atoms with Gasteiger partial charge < -0.3 is 14.8 Å². The number of methoxy groups -OCH3 is 2. The zero-order valence-electron chi connectivity index (χ0n) is 14.1. The third-order valence-corrected chi connectivity index (χ3v) is 5.73. The van der Waals surface area contributed by atoms with Crippen LogP contribution in [-0.2, 0) is 0 Å². The molecule has 1 aliphatic heterocycles. The number of halogens is 2. The Bertz CT molecular complexity index is 852. The lowest BCUT2D eigenvalue weighted by Crippen LogP contribution is -2.29. The van der Waals surface area contributed by atoms with E-state index >= 15 is 0 Å². The van der Waals surface area contributed by atoms with E-state index in [-0.39, 0.29) is 17.8 Å². The fourth-order valence-corrected chi connectivity index (χ4v) is 4.63. The van der Waals surface area contributed by atoms with E-state index in [9.17, 15) is 4.39 Å². The van der Waals surface area contributed by atoms with Crippen LogP contribution in [0.25, 0.3) is 0 Å². The first-order chi connectivity index (χ1) is 12.1. The van der Waals surface area contributed by atoms with Gasteiger partial charge in [0.25, 0.3) is 0 Å². The minimum absolute atomic E-state index is 0.120. The highest BCUT2D eigenvalue weighted by Crippen LogP contribution is 2.51. The van der Waals surface area contributed by atoms with Crippen LogP contribution in [0, 0.1) is 11.7 Å². The van der Waals surface area contributed by atoms with Crippen molar-refractivity contribution >= 4 is 21.6 Å². The van der Waals surface area contributed by atoms with Crippen LogP contribution < -0.4 is 14.8 Å². The highest BCUT2D eigenvalue weighted by atomic mass is 79.9. The monoisotopic (exact) mass is 403 g/mol. The topological polar surface area (TPSA) is 30.5 Å². The summed E-state index contributed by atoms with van der Waals surface area (Å²) in [5, 5.41) is 3.60. The Kier molecular flexibility index (Phi) is 4.20. The third kappa shape index (κ3) is 2.71. The summed E-state index contributed by atoms with van der Waals surface area (Å²) in [6.45, 7) is 0. The van der Waals surface area contributed by atoms with Gasteiger partial charge in [0.05, 0.1) is 24.7 Å². The molecule has 1 aliphatic carbocycles. The summed E-state index contributed by atoms with van der Waals surface area (Å²) in [5.41, 5.74) is 3.15. The Morgan fingerprint density at radius 1 is 1.16 bits per heavy atom. The van der Waals surface area contributed by atoms with E-state index < -0.39 is 0 Å². The van der Waals surface area contributed by atoms with Crippen LogP contribution in [0.4, 0.5) is 10.1 Å². The highest BCUT2D eigenvalue weighted by Gasteiger charge is 2.38. The molecule has 5 heteroatoms. The van der Waals surface area contributed by atoms with Crippen LogP contribution in [0.3, 0.4) is 0 Å². The van der Waals surface area contributed by atoms with E-state index in [2.05, 4.69) is 39.5 Å². The van der Waals surface area contributed by atoms with Gasteiger partial charge in [-0.15, -0.1) is 0 Å². The van der Waals surface area contributed by atoms with Crippen molar-refractivity contribution in [1.82, 2.24) is 0 Å². The molecule has 0 bridgehead atoms. The normalized spacial score (nSPS) is 23.6. The Morgan fingerprint density at radius 3 is 2.76 bits per heavy atom. The molecule has 1 N–H and O–H groups in total. The van der Waals surface area contributed by atoms with Crippen molar-refractivity contribution in [2.24, 2.45) is 5.92 Å².